The van der Waals surface area contributed by atoms with Crippen molar-refractivity contribution in [2.75, 3.05) is 7.05 Å². The van der Waals surface area contributed by atoms with Gasteiger partial charge in [0, 0.05) is 37.0 Å². The molecule has 1 aromatic heterocycles. The summed E-state index contributed by atoms with van der Waals surface area (Å²) in [4.78, 5) is 18.2. The first-order valence-corrected chi connectivity index (χ1v) is 7.60. The van der Waals surface area contributed by atoms with Crippen molar-refractivity contribution >= 4 is 5.91 Å². The van der Waals surface area contributed by atoms with Gasteiger partial charge in [0.2, 0.25) is 5.91 Å². The molecule has 1 aliphatic rings. The van der Waals surface area contributed by atoms with Crippen LogP contribution >= 0.6 is 0 Å². The molecule has 0 saturated heterocycles. The number of hydrogen-bond donors (Lipinski definition) is 0. The van der Waals surface area contributed by atoms with Crippen LogP contribution in [0.4, 0.5) is 8.78 Å². The third kappa shape index (κ3) is 3.09. The van der Waals surface area contributed by atoms with Gasteiger partial charge in [0.05, 0.1) is 6.04 Å². The maximum atomic E-state index is 14.3. The summed E-state index contributed by atoms with van der Waals surface area (Å²) in [5, 5.41) is 0. The van der Waals surface area contributed by atoms with Crippen LogP contribution in [0, 0.1) is 23.5 Å². The summed E-state index contributed by atoms with van der Waals surface area (Å²) in [6, 6.07) is 6.35. The molecule has 3 nitrogen and oxygen atoms in total. The maximum Gasteiger partial charge on any atom is 0.226 e. The Morgan fingerprint density at radius 2 is 2.09 bits per heavy atom. The maximum absolute atomic E-state index is 14.3. The largest absolute Gasteiger partial charge is 0.334 e. The van der Waals surface area contributed by atoms with E-state index in [2.05, 4.69) is 4.98 Å². The van der Waals surface area contributed by atoms with E-state index in [-0.39, 0.29) is 17.4 Å². The van der Waals surface area contributed by atoms with Gasteiger partial charge in [-0.05, 0) is 30.0 Å². The molecule has 2 aromatic rings. The van der Waals surface area contributed by atoms with Gasteiger partial charge in [-0.25, -0.2) is 8.78 Å². The third-order valence-corrected chi connectivity index (χ3v) is 4.42. The molecule has 1 fully saturated rings. The smallest absolute Gasteiger partial charge is 0.226 e. The van der Waals surface area contributed by atoms with Crippen molar-refractivity contribution in [2.24, 2.45) is 11.8 Å². The Labute approximate surface area is 134 Å². The van der Waals surface area contributed by atoms with Gasteiger partial charge in [0.1, 0.15) is 11.6 Å². The van der Waals surface area contributed by atoms with Crippen molar-refractivity contribution in [1.29, 1.82) is 0 Å². The molecule has 5 heteroatoms. The Bertz CT molecular complexity index is 720. The van der Waals surface area contributed by atoms with Crippen LogP contribution in [-0.4, -0.2) is 22.8 Å². The number of aromatic nitrogens is 1. The molecular weight excluding hydrogens is 298 g/mol. The Morgan fingerprint density at radius 3 is 2.65 bits per heavy atom. The fourth-order valence-electron chi connectivity index (χ4n) is 2.93. The van der Waals surface area contributed by atoms with Gasteiger partial charge < -0.3 is 4.90 Å². The molecular formula is C18H18F2N2O. The molecule has 1 heterocycles. The number of amides is 1. The highest BCUT2D eigenvalue weighted by molar-refractivity contribution is 5.82. The van der Waals surface area contributed by atoms with Crippen molar-refractivity contribution in [3.63, 3.8) is 0 Å². The zero-order valence-electron chi connectivity index (χ0n) is 13.0. The lowest BCUT2D eigenvalue weighted by molar-refractivity contribution is -0.133. The Balaban J connectivity index is 2.02. The molecule has 3 atom stereocenters. The fourth-order valence-corrected chi connectivity index (χ4v) is 2.93. The van der Waals surface area contributed by atoms with Crippen molar-refractivity contribution < 1.29 is 13.6 Å². The van der Waals surface area contributed by atoms with E-state index in [9.17, 15) is 13.6 Å². The number of benzene rings is 1. The molecule has 0 N–H and O–H groups in total. The minimum absolute atomic E-state index is 0.0114. The van der Waals surface area contributed by atoms with Crippen molar-refractivity contribution in [1.82, 2.24) is 9.88 Å². The molecule has 0 bridgehead atoms. The van der Waals surface area contributed by atoms with Gasteiger partial charge in [-0.2, -0.15) is 0 Å². The summed E-state index contributed by atoms with van der Waals surface area (Å²) in [7, 11) is 1.66. The summed E-state index contributed by atoms with van der Waals surface area (Å²) >= 11 is 0. The summed E-state index contributed by atoms with van der Waals surface area (Å²) in [5.41, 5.74) is 0.964. The SMILES string of the molecule is CC1CC1C(=O)N(C)C(c1cccnc1)c1ccc(F)cc1F. The lowest BCUT2D eigenvalue weighted by Gasteiger charge is -2.29. The normalized spacial score (nSPS) is 20.9. The molecule has 120 valence electrons. The molecule has 1 aromatic carbocycles. The predicted octanol–water partition coefficient (Wildman–Crippen LogP) is 3.56. The van der Waals surface area contributed by atoms with E-state index in [0.717, 1.165) is 12.5 Å². The molecule has 3 unspecified atom stereocenters. The monoisotopic (exact) mass is 316 g/mol. The molecule has 0 spiro atoms. The van der Waals surface area contributed by atoms with E-state index < -0.39 is 17.7 Å². The average Bonchev–Trinajstić information content (AvgIpc) is 3.26. The number of pyridine rings is 1. The summed E-state index contributed by atoms with van der Waals surface area (Å²) in [6.45, 7) is 2.02. The minimum Gasteiger partial charge on any atom is -0.334 e. The number of halogens is 2. The second kappa shape index (κ2) is 6.07. The second-order valence-electron chi connectivity index (χ2n) is 6.12. The highest BCUT2D eigenvalue weighted by Crippen LogP contribution is 2.41. The molecule has 23 heavy (non-hydrogen) atoms. The summed E-state index contributed by atoms with van der Waals surface area (Å²) in [6.07, 6.45) is 4.08. The van der Waals surface area contributed by atoms with Crippen LogP contribution in [0.2, 0.25) is 0 Å². The summed E-state index contributed by atoms with van der Waals surface area (Å²) < 4.78 is 27.5. The zero-order valence-corrected chi connectivity index (χ0v) is 13.0. The van der Waals surface area contributed by atoms with Crippen LogP contribution < -0.4 is 0 Å². The van der Waals surface area contributed by atoms with E-state index >= 15 is 0 Å². The van der Waals surface area contributed by atoms with Crippen molar-refractivity contribution in [3.05, 3.63) is 65.5 Å². The van der Waals surface area contributed by atoms with Crippen molar-refractivity contribution in [3.8, 4) is 0 Å². The standard InChI is InChI=1S/C18H18F2N2O/c1-11-8-15(11)18(23)22(2)17(12-4-3-7-21-10-12)14-6-5-13(19)9-16(14)20/h3-7,9-11,15,17H,8H2,1-2H3. The van der Waals surface area contributed by atoms with Crippen LogP contribution in [0.5, 0.6) is 0 Å². The molecule has 1 aliphatic carbocycles. The topological polar surface area (TPSA) is 33.2 Å². The molecule has 1 saturated carbocycles. The highest BCUT2D eigenvalue weighted by atomic mass is 19.1. The van der Waals surface area contributed by atoms with Crippen LogP contribution in [0.25, 0.3) is 0 Å². The van der Waals surface area contributed by atoms with Crippen LogP contribution in [-0.2, 0) is 4.79 Å². The summed E-state index contributed by atoms with van der Waals surface area (Å²) in [5.74, 6) is -0.973. The first-order valence-electron chi connectivity index (χ1n) is 7.60. The number of carbonyl (C=O) groups excluding carboxylic acids is 1. The molecule has 3 rings (SSSR count). The molecule has 0 aliphatic heterocycles. The van der Waals surface area contributed by atoms with Gasteiger partial charge in [-0.15, -0.1) is 0 Å². The van der Waals surface area contributed by atoms with Gasteiger partial charge in [-0.1, -0.05) is 19.1 Å². The van der Waals surface area contributed by atoms with E-state index in [0.29, 0.717) is 11.5 Å². The minimum atomic E-state index is -0.664. The highest BCUT2D eigenvalue weighted by Gasteiger charge is 2.42. The Hall–Kier alpha value is -2.30. The average molecular weight is 316 g/mol. The number of rotatable bonds is 4. The van der Waals surface area contributed by atoms with E-state index in [1.54, 1.807) is 36.5 Å². The van der Waals surface area contributed by atoms with Crippen molar-refractivity contribution in [2.45, 2.75) is 19.4 Å². The zero-order chi connectivity index (χ0) is 16.6. The van der Waals surface area contributed by atoms with E-state index in [1.807, 2.05) is 6.92 Å². The first kappa shape index (κ1) is 15.6. The van der Waals surface area contributed by atoms with Crippen LogP contribution in [0.3, 0.4) is 0 Å². The molecule has 1 amide bonds. The number of carbonyl (C=O) groups is 1. The fraction of sp³-hybridized carbons (Fsp3) is 0.333. The second-order valence-corrected chi connectivity index (χ2v) is 6.12. The van der Waals surface area contributed by atoms with Gasteiger partial charge >= 0.3 is 0 Å². The lowest BCUT2D eigenvalue weighted by atomic mass is 9.97. The van der Waals surface area contributed by atoms with E-state index in [4.69, 9.17) is 0 Å². The van der Waals surface area contributed by atoms with Gasteiger partial charge in [0.25, 0.3) is 0 Å². The third-order valence-electron chi connectivity index (χ3n) is 4.42. The number of nitrogens with zero attached hydrogens (tertiary/aromatic N) is 2. The molecule has 0 radical (unpaired) electrons. The van der Waals surface area contributed by atoms with Crippen LogP contribution in [0.1, 0.15) is 30.5 Å². The number of hydrogen-bond acceptors (Lipinski definition) is 2. The predicted molar refractivity (Wildman–Crippen MR) is 82.5 cm³/mol. The quantitative estimate of drug-likeness (QED) is 0.864. The first-order chi connectivity index (χ1) is 11.0. The van der Waals surface area contributed by atoms with E-state index in [1.165, 1.54) is 12.1 Å². The Kier molecular flexibility index (Phi) is 4.11. The van der Waals surface area contributed by atoms with Gasteiger partial charge in [0.15, 0.2) is 0 Å². The van der Waals surface area contributed by atoms with Gasteiger partial charge in [-0.3, -0.25) is 9.78 Å². The lowest BCUT2D eigenvalue weighted by Crippen LogP contribution is -2.34. The Morgan fingerprint density at radius 1 is 1.35 bits per heavy atom. The van der Waals surface area contributed by atoms with Crippen LogP contribution in [0.15, 0.2) is 42.7 Å².